The lowest BCUT2D eigenvalue weighted by Crippen LogP contribution is -2.61. The smallest absolute Gasteiger partial charge is 0.245 e. The Balaban J connectivity index is 1.24. The predicted octanol–water partition coefficient (Wildman–Crippen LogP) is 3.09. The van der Waals surface area contributed by atoms with Crippen LogP contribution >= 0.6 is 11.6 Å². The van der Waals surface area contributed by atoms with Gasteiger partial charge < -0.3 is 15.5 Å². The topological polar surface area (TPSA) is 105 Å². The quantitative estimate of drug-likeness (QED) is 0.378. The zero-order valence-corrected chi connectivity index (χ0v) is 28.9. The van der Waals surface area contributed by atoms with Gasteiger partial charge in [0.05, 0.1) is 6.26 Å². The predicted molar refractivity (Wildman–Crippen MR) is 182 cm³/mol. The van der Waals surface area contributed by atoms with Crippen LogP contribution in [0.4, 0.5) is 0 Å². The van der Waals surface area contributed by atoms with E-state index in [0.29, 0.717) is 56.6 Å². The molecule has 2 atom stereocenters. The standard InChI is InChI=1S/C34H49ClN6O4S/c1-25(2)24-41(29-13-16-40(17-14-29)46(3,44)45)39-20-18-38(19-21-39)34(43)32(22-26-8-10-28(35)11-9-26)37-33(42)23-31-30-7-5-4-6-27(30)12-15-36-31/h4-11,25,29,31-32,36H,12-24H2,1-3H3,(H,37,42). The van der Waals surface area contributed by atoms with Crippen molar-refractivity contribution in [1.29, 1.82) is 0 Å². The van der Waals surface area contributed by atoms with Gasteiger partial charge in [0, 0.05) is 75.8 Å². The van der Waals surface area contributed by atoms with Crippen molar-refractivity contribution in [2.75, 3.05) is 58.6 Å². The zero-order valence-electron chi connectivity index (χ0n) is 27.3. The lowest BCUT2D eigenvalue weighted by atomic mass is 9.92. The number of halogens is 1. The summed E-state index contributed by atoms with van der Waals surface area (Å²) in [6.45, 7) is 9.65. The lowest BCUT2D eigenvalue weighted by Gasteiger charge is -2.47. The summed E-state index contributed by atoms with van der Waals surface area (Å²) >= 11 is 6.13. The molecule has 5 rings (SSSR count). The molecule has 46 heavy (non-hydrogen) atoms. The van der Waals surface area contributed by atoms with Gasteiger partial charge in [-0.25, -0.2) is 22.7 Å². The molecule has 3 heterocycles. The van der Waals surface area contributed by atoms with Crippen LogP contribution in [0.15, 0.2) is 48.5 Å². The van der Waals surface area contributed by atoms with Crippen LogP contribution in [0.5, 0.6) is 0 Å². The van der Waals surface area contributed by atoms with Crippen LogP contribution in [-0.2, 0) is 32.5 Å². The largest absolute Gasteiger partial charge is 0.344 e. The lowest BCUT2D eigenvalue weighted by molar-refractivity contribution is -0.144. The molecule has 3 aliphatic heterocycles. The highest BCUT2D eigenvalue weighted by Crippen LogP contribution is 2.26. The number of piperidine rings is 1. The fourth-order valence-electron chi connectivity index (χ4n) is 7.00. The van der Waals surface area contributed by atoms with Gasteiger partial charge in [-0.3, -0.25) is 9.59 Å². The van der Waals surface area contributed by atoms with Gasteiger partial charge in [-0.1, -0.05) is 61.8 Å². The van der Waals surface area contributed by atoms with E-state index in [2.05, 4.69) is 46.6 Å². The molecule has 0 aromatic heterocycles. The van der Waals surface area contributed by atoms with Crippen molar-refractivity contribution < 1.29 is 18.0 Å². The number of nitrogens with one attached hydrogen (secondary N) is 2. The van der Waals surface area contributed by atoms with Gasteiger partial charge in [0.25, 0.3) is 0 Å². The monoisotopic (exact) mass is 672 g/mol. The van der Waals surface area contributed by atoms with Crippen LogP contribution in [0.3, 0.4) is 0 Å². The van der Waals surface area contributed by atoms with Crippen molar-refractivity contribution in [1.82, 2.24) is 29.9 Å². The SMILES string of the molecule is CC(C)CN(C1CCN(S(C)(=O)=O)CC1)N1CCN(C(=O)C(Cc2ccc(Cl)cc2)NC(=O)CC2NCCc3ccccc32)CC1. The fourth-order valence-corrected chi connectivity index (χ4v) is 8.00. The van der Waals surface area contributed by atoms with Crippen LogP contribution in [-0.4, -0.2) is 110 Å². The van der Waals surface area contributed by atoms with Gasteiger partial charge in [0.2, 0.25) is 21.8 Å². The van der Waals surface area contributed by atoms with Crippen LogP contribution in [0, 0.1) is 5.92 Å². The van der Waals surface area contributed by atoms with Crippen molar-refractivity contribution in [3.05, 3.63) is 70.2 Å². The summed E-state index contributed by atoms with van der Waals surface area (Å²) in [6.07, 6.45) is 4.44. The summed E-state index contributed by atoms with van der Waals surface area (Å²) in [7, 11) is -3.19. The Kier molecular flexibility index (Phi) is 11.8. The molecule has 0 spiro atoms. The molecule has 252 valence electrons. The number of fused-ring (bicyclic) bond motifs is 1. The van der Waals surface area contributed by atoms with Gasteiger partial charge >= 0.3 is 0 Å². The number of benzene rings is 2. The highest BCUT2D eigenvalue weighted by molar-refractivity contribution is 7.88. The van der Waals surface area contributed by atoms with Crippen molar-refractivity contribution in [3.63, 3.8) is 0 Å². The second-order valence-corrected chi connectivity index (χ2v) is 15.7. The average Bonchev–Trinajstić information content (AvgIpc) is 3.04. The van der Waals surface area contributed by atoms with Gasteiger partial charge in [-0.15, -0.1) is 0 Å². The van der Waals surface area contributed by atoms with Crippen LogP contribution < -0.4 is 10.6 Å². The first kappa shape index (κ1) is 34.8. The molecule has 12 heteroatoms. The zero-order chi connectivity index (χ0) is 32.8. The summed E-state index contributed by atoms with van der Waals surface area (Å²) in [4.78, 5) is 29.4. The van der Waals surface area contributed by atoms with Gasteiger partial charge in [-0.05, 0) is 60.5 Å². The highest BCUT2D eigenvalue weighted by Gasteiger charge is 2.35. The Morgan fingerprint density at radius 3 is 2.33 bits per heavy atom. The van der Waals surface area contributed by atoms with E-state index in [1.165, 1.54) is 11.8 Å². The number of amides is 2. The van der Waals surface area contributed by atoms with Gasteiger partial charge in [0.15, 0.2) is 0 Å². The Morgan fingerprint density at radius 2 is 1.67 bits per heavy atom. The molecule has 2 unspecified atom stereocenters. The first-order valence-electron chi connectivity index (χ1n) is 16.6. The van der Waals surface area contributed by atoms with E-state index in [9.17, 15) is 18.0 Å². The number of hydrazine groups is 1. The molecule has 2 amide bonds. The Morgan fingerprint density at radius 1 is 1.00 bits per heavy atom. The van der Waals surface area contributed by atoms with E-state index in [-0.39, 0.29) is 30.3 Å². The maximum Gasteiger partial charge on any atom is 0.245 e. The second-order valence-electron chi connectivity index (χ2n) is 13.3. The summed E-state index contributed by atoms with van der Waals surface area (Å²) in [5, 5.41) is 12.0. The van der Waals surface area contributed by atoms with Crippen molar-refractivity contribution in [2.45, 2.75) is 64.1 Å². The van der Waals surface area contributed by atoms with E-state index >= 15 is 0 Å². The van der Waals surface area contributed by atoms with Crippen LogP contribution in [0.2, 0.25) is 5.02 Å². The molecular weight excluding hydrogens is 624 g/mol. The third kappa shape index (κ3) is 9.08. The number of piperazine rings is 1. The van der Waals surface area contributed by atoms with E-state index < -0.39 is 16.1 Å². The maximum atomic E-state index is 14.1. The summed E-state index contributed by atoms with van der Waals surface area (Å²) in [5.74, 6) is 0.220. The van der Waals surface area contributed by atoms with E-state index in [1.807, 2.05) is 41.3 Å². The van der Waals surface area contributed by atoms with Gasteiger partial charge in [-0.2, -0.15) is 0 Å². The molecule has 2 N–H and O–H groups in total. The first-order chi connectivity index (χ1) is 22.0. The minimum absolute atomic E-state index is 0.0724. The minimum Gasteiger partial charge on any atom is -0.344 e. The molecular formula is C34H49ClN6O4S. The first-order valence-corrected chi connectivity index (χ1v) is 18.8. The molecule has 2 saturated heterocycles. The fraction of sp³-hybridized carbons (Fsp3) is 0.588. The molecule has 0 saturated carbocycles. The molecule has 0 radical (unpaired) electrons. The Hall–Kier alpha value is -2.54. The third-order valence-electron chi connectivity index (χ3n) is 9.39. The molecule has 10 nitrogen and oxygen atoms in total. The third-order valence-corrected chi connectivity index (χ3v) is 10.9. The Bertz CT molecular complexity index is 1440. The minimum atomic E-state index is -3.19. The molecule has 2 aromatic carbocycles. The van der Waals surface area contributed by atoms with Crippen LogP contribution in [0.25, 0.3) is 0 Å². The highest BCUT2D eigenvalue weighted by atomic mass is 35.5. The van der Waals surface area contributed by atoms with Crippen molar-refractivity contribution in [3.8, 4) is 0 Å². The number of carbonyl (C=O) groups is 2. The number of carbonyl (C=O) groups excluding carboxylic acids is 2. The van der Waals surface area contributed by atoms with E-state index in [1.54, 1.807) is 4.31 Å². The maximum absolute atomic E-state index is 14.1. The molecule has 2 aromatic rings. The number of hydrogen-bond acceptors (Lipinski definition) is 7. The number of sulfonamides is 1. The summed E-state index contributed by atoms with van der Waals surface area (Å²) in [5.41, 5.74) is 3.35. The molecule has 2 fully saturated rings. The average molecular weight is 673 g/mol. The molecule has 0 bridgehead atoms. The summed E-state index contributed by atoms with van der Waals surface area (Å²) in [6, 6.07) is 15.2. The number of hydrogen-bond donors (Lipinski definition) is 2. The van der Waals surface area contributed by atoms with E-state index in [4.69, 9.17) is 11.6 Å². The van der Waals surface area contributed by atoms with E-state index in [0.717, 1.165) is 43.5 Å². The second kappa shape index (κ2) is 15.6. The van der Waals surface area contributed by atoms with Crippen LogP contribution in [0.1, 0.15) is 55.8 Å². The van der Waals surface area contributed by atoms with Crippen molar-refractivity contribution in [2.24, 2.45) is 5.92 Å². The number of nitrogens with zero attached hydrogens (tertiary/aromatic N) is 4. The molecule has 3 aliphatic rings. The Labute approximate surface area is 279 Å². The van der Waals surface area contributed by atoms with Crippen molar-refractivity contribution >= 4 is 33.4 Å². The normalized spacial score (nSPS) is 20.9. The van der Waals surface area contributed by atoms with Gasteiger partial charge in [0.1, 0.15) is 6.04 Å². The number of rotatable bonds is 11. The summed E-state index contributed by atoms with van der Waals surface area (Å²) < 4.78 is 25.7. The molecule has 0 aliphatic carbocycles.